The van der Waals surface area contributed by atoms with Gasteiger partial charge in [-0.25, -0.2) is 9.78 Å². The molecule has 0 saturated carbocycles. The second-order valence-corrected chi connectivity index (χ2v) is 9.34. The number of Topliss-reactive ketones (excluding diaryl/α,β-unsaturated/α-hetero) is 1. The van der Waals surface area contributed by atoms with Crippen LogP contribution in [0.25, 0.3) is 11.1 Å². The van der Waals surface area contributed by atoms with Gasteiger partial charge in [0.25, 0.3) is 0 Å². The molecule has 2 aromatic carbocycles. The molecule has 37 heavy (non-hydrogen) atoms. The van der Waals surface area contributed by atoms with Crippen LogP contribution in [0.3, 0.4) is 0 Å². The zero-order chi connectivity index (χ0) is 26.0. The smallest absolute Gasteiger partial charge is 0.343 e. The Morgan fingerprint density at radius 3 is 2.57 bits per heavy atom. The highest BCUT2D eigenvalue weighted by molar-refractivity contribution is 7.07. The molecule has 0 saturated heterocycles. The number of pyridine rings is 1. The van der Waals surface area contributed by atoms with Crippen molar-refractivity contribution in [1.29, 1.82) is 0 Å². The van der Waals surface area contributed by atoms with E-state index in [0.29, 0.717) is 24.3 Å². The zero-order valence-electron chi connectivity index (χ0n) is 20.8. The summed E-state index contributed by atoms with van der Waals surface area (Å²) in [4.78, 5) is 34.0. The first kappa shape index (κ1) is 26.2. The SMILES string of the molecule is COC(=O)COc1ccc(-c2ccnc(C)c2)cc1CC(=O)[C@H](Cc1ccccc1)NCc1cscn1. The van der Waals surface area contributed by atoms with Gasteiger partial charge in [-0.05, 0) is 54.3 Å². The lowest BCUT2D eigenvalue weighted by Crippen LogP contribution is -2.39. The van der Waals surface area contributed by atoms with E-state index in [-0.39, 0.29) is 18.8 Å². The molecule has 0 amide bonds. The van der Waals surface area contributed by atoms with Gasteiger partial charge in [-0.1, -0.05) is 36.4 Å². The van der Waals surface area contributed by atoms with E-state index >= 15 is 0 Å². The number of aryl methyl sites for hydroxylation is 1. The maximum atomic E-state index is 13.7. The normalized spacial score (nSPS) is 11.6. The molecule has 0 spiro atoms. The predicted octanol–water partition coefficient (Wildman–Crippen LogP) is 4.58. The van der Waals surface area contributed by atoms with Gasteiger partial charge in [-0.2, -0.15) is 0 Å². The van der Waals surface area contributed by atoms with Gasteiger partial charge in [-0.15, -0.1) is 11.3 Å². The standard InChI is InChI=1S/C29H29N3O4S/c1-20-12-23(10-11-30-20)22-8-9-28(36-17-29(34)35-2)24(14-22)15-27(33)26(13-21-6-4-3-5-7-21)31-16-25-18-37-19-32-25/h3-12,14,18-19,26,31H,13,15-17H2,1-2H3/t26-/m0/s1. The molecule has 2 aromatic heterocycles. The molecule has 8 heteroatoms. The van der Waals surface area contributed by atoms with Crippen LogP contribution in [-0.4, -0.2) is 41.5 Å². The van der Waals surface area contributed by atoms with Gasteiger partial charge in [-0.3, -0.25) is 9.78 Å². The third kappa shape index (κ3) is 7.55. The summed E-state index contributed by atoms with van der Waals surface area (Å²) in [6.45, 7) is 2.19. The first-order valence-corrected chi connectivity index (χ1v) is 12.9. The van der Waals surface area contributed by atoms with E-state index in [2.05, 4.69) is 15.3 Å². The Morgan fingerprint density at radius 2 is 1.84 bits per heavy atom. The first-order valence-electron chi connectivity index (χ1n) is 11.9. The van der Waals surface area contributed by atoms with Crippen molar-refractivity contribution >= 4 is 23.1 Å². The third-order valence-corrected chi connectivity index (χ3v) is 6.55. The molecule has 0 aliphatic rings. The van der Waals surface area contributed by atoms with Gasteiger partial charge < -0.3 is 14.8 Å². The molecule has 7 nitrogen and oxygen atoms in total. The molecule has 0 aliphatic heterocycles. The third-order valence-electron chi connectivity index (χ3n) is 5.91. The average molecular weight is 516 g/mol. The minimum absolute atomic E-state index is 0.0186. The lowest BCUT2D eigenvalue weighted by atomic mass is 9.95. The Hall–Kier alpha value is -3.88. The average Bonchev–Trinajstić information content (AvgIpc) is 3.44. The number of ketones is 1. The molecule has 0 radical (unpaired) electrons. The Bertz CT molecular complexity index is 1330. The number of nitrogens with zero attached hydrogens (tertiary/aromatic N) is 2. The number of benzene rings is 2. The van der Waals surface area contributed by atoms with Crippen molar-refractivity contribution in [2.75, 3.05) is 13.7 Å². The minimum atomic E-state index is -0.488. The fourth-order valence-corrected chi connectivity index (χ4v) is 4.53. The van der Waals surface area contributed by atoms with Crippen LogP contribution in [0.4, 0.5) is 0 Å². The quantitative estimate of drug-likeness (QED) is 0.276. The van der Waals surface area contributed by atoms with Crippen LogP contribution in [0.15, 0.2) is 77.8 Å². The molecule has 2 heterocycles. The Labute approximate surface area is 220 Å². The highest BCUT2D eigenvalue weighted by Gasteiger charge is 2.22. The summed E-state index contributed by atoms with van der Waals surface area (Å²) in [5.74, 6) is 0.00861. The second kappa shape index (κ2) is 12.9. The van der Waals surface area contributed by atoms with E-state index < -0.39 is 12.0 Å². The van der Waals surface area contributed by atoms with Gasteiger partial charge in [0.2, 0.25) is 0 Å². The number of thiazole rings is 1. The molecule has 1 N–H and O–H groups in total. The van der Waals surface area contributed by atoms with E-state index in [1.54, 1.807) is 17.8 Å². The zero-order valence-corrected chi connectivity index (χ0v) is 21.7. The highest BCUT2D eigenvalue weighted by Crippen LogP contribution is 2.28. The topological polar surface area (TPSA) is 90.4 Å². The molecular weight excluding hydrogens is 486 g/mol. The van der Waals surface area contributed by atoms with Crippen molar-refractivity contribution in [2.24, 2.45) is 0 Å². The van der Waals surface area contributed by atoms with E-state index in [4.69, 9.17) is 9.47 Å². The molecule has 0 bridgehead atoms. The van der Waals surface area contributed by atoms with Crippen LogP contribution in [0, 0.1) is 6.92 Å². The summed E-state index contributed by atoms with van der Waals surface area (Å²) >= 11 is 1.52. The number of rotatable bonds is 12. The van der Waals surface area contributed by atoms with E-state index in [1.807, 2.05) is 66.9 Å². The summed E-state index contributed by atoms with van der Waals surface area (Å²) in [6, 6.07) is 19.1. The number of hydrogen-bond donors (Lipinski definition) is 1. The number of aromatic nitrogens is 2. The molecule has 0 fully saturated rings. The van der Waals surface area contributed by atoms with Crippen molar-refractivity contribution < 1.29 is 19.1 Å². The number of ether oxygens (including phenoxy) is 2. The number of methoxy groups -OCH3 is 1. The van der Waals surface area contributed by atoms with Crippen LogP contribution < -0.4 is 10.1 Å². The van der Waals surface area contributed by atoms with Gasteiger partial charge in [0.05, 0.1) is 24.4 Å². The van der Waals surface area contributed by atoms with Gasteiger partial charge in [0.15, 0.2) is 12.4 Å². The molecule has 4 aromatic rings. The minimum Gasteiger partial charge on any atom is -0.482 e. The summed E-state index contributed by atoms with van der Waals surface area (Å²) < 4.78 is 10.5. The summed E-state index contributed by atoms with van der Waals surface area (Å²) in [5.41, 5.74) is 7.27. The highest BCUT2D eigenvalue weighted by atomic mass is 32.1. The summed E-state index contributed by atoms with van der Waals surface area (Å²) in [5, 5.41) is 5.36. The predicted molar refractivity (Wildman–Crippen MR) is 144 cm³/mol. The fraction of sp³-hybridized carbons (Fsp3) is 0.241. The Morgan fingerprint density at radius 1 is 1.03 bits per heavy atom. The lowest BCUT2D eigenvalue weighted by molar-refractivity contribution is -0.142. The van der Waals surface area contributed by atoms with Gasteiger partial charge in [0.1, 0.15) is 5.75 Å². The van der Waals surface area contributed by atoms with Gasteiger partial charge in [0, 0.05) is 35.8 Å². The van der Waals surface area contributed by atoms with Crippen LogP contribution >= 0.6 is 11.3 Å². The second-order valence-electron chi connectivity index (χ2n) is 8.62. The fourth-order valence-electron chi connectivity index (χ4n) is 3.97. The maximum absolute atomic E-state index is 13.7. The Kier molecular flexibility index (Phi) is 9.13. The number of esters is 1. The van der Waals surface area contributed by atoms with Crippen molar-refractivity contribution in [2.45, 2.75) is 32.4 Å². The molecule has 190 valence electrons. The largest absolute Gasteiger partial charge is 0.482 e. The van der Waals surface area contributed by atoms with Crippen LogP contribution in [0.1, 0.15) is 22.5 Å². The molecule has 4 rings (SSSR count). The number of nitrogens with one attached hydrogen (secondary N) is 1. The maximum Gasteiger partial charge on any atom is 0.343 e. The summed E-state index contributed by atoms with van der Waals surface area (Å²) in [6.07, 6.45) is 2.44. The molecule has 0 unspecified atom stereocenters. The van der Waals surface area contributed by atoms with Crippen molar-refractivity contribution in [3.8, 4) is 16.9 Å². The van der Waals surface area contributed by atoms with Crippen molar-refractivity contribution in [1.82, 2.24) is 15.3 Å². The molecular formula is C29H29N3O4S. The number of hydrogen-bond acceptors (Lipinski definition) is 8. The van der Waals surface area contributed by atoms with E-state index in [1.165, 1.54) is 18.4 Å². The van der Waals surface area contributed by atoms with Crippen LogP contribution in [0.5, 0.6) is 5.75 Å². The van der Waals surface area contributed by atoms with Gasteiger partial charge >= 0.3 is 5.97 Å². The van der Waals surface area contributed by atoms with Crippen molar-refractivity contribution in [3.63, 3.8) is 0 Å². The van der Waals surface area contributed by atoms with Crippen LogP contribution in [-0.2, 0) is 33.7 Å². The number of carbonyl (C=O) groups is 2. The molecule has 1 atom stereocenters. The monoisotopic (exact) mass is 515 g/mol. The lowest BCUT2D eigenvalue weighted by Gasteiger charge is -2.19. The molecule has 0 aliphatic carbocycles. The Balaban J connectivity index is 1.60. The van der Waals surface area contributed by atoms with Crippen LogP contribution in [0.2, 0.25) is 0 Å². The first-order chi connectivity index (χ1) is 18.0. The van der Waals surface area contributed by atoms with Crippen molar-refractivity contribution in [3.05, 3.63) is 100 Å². The number of carbonyl (C=O) groups excluding carboxylic acids is 2. The summed E-state index contributed by atoms with van der Waals surface area (Å²) in [7, 11) is 1.31. The van der Waals surface area contributed by atoms with E-state index in [9.17, 15) is 9.59 Å². The van der Waals surface area contributed by atoms with E-state index in [0.717, 1.165) is 28.1 Å².